The van der Waals surface area contributed by atoms with Crippen molar-refractivity contribution in [3.63, 3.8) is 0 Å². The number of amides is 2. The molecular formula is C20H30BrFN2O4. The number of hydrogen-bond donors (Lipinski definition) is 0. The normalized spacial score (nSPS) is 13.0. The molecule has 1 atom stereocenters. The van der Waals surface area contributed by atoms with Crippen LogP contribution in [0.5, 0.6) is 0 Å². The first-order chi connectivity index (χ1) is 12.8. The van der Waals surface area contributed by atoms with Crippen LogP contribution in [0, 0.1) is 11.2 Å². The summed E-state index contributed by atoms with van der Waals surface area (Å²) in [5.41, 5.74) is -0.978. The highest BCUT2D eigenvalue weighted by molar-refractivity contribution is 9.08. The maximum absolute atomic E-state index is 14.8. The van der Waals surface area contributed by atoms with E-state index < -0.39 is 35.5 Å². The Morgan fingerprint density at radius 3 is 2.29 bits per heavy atom. The van der Waals surface area contributed by atoms with Crippen LogP contribution in [-0.4, -0.2) is 28.9 Å². The lowest BCUT2D eigenvalue weighted by atomic mass is 9.86. The highest BCUT2D eigenvalue weighted by Crippen LogP contribution is 2.29. The first-order valence-corrected chi connectivity index (χ1v) is 10.4. The Morgan fingerprint density at radius 2 is 1.82 bits per heavy atom. The molecule has 1 heterocycles. The van der Waals surface area contributed by atoms with E-state index in [1.807, 2.05) is 27.7 Å². The molecule has 8 heteroatoms. The molecule has 0 spiro atoms. The fraction of sp³-hybridized carbons (Fsp3) is 0.650. The van der Waals surface area contributed by atoms with Crippen LogP contribution in [-0.2, 0) is 14.8 Å². The molecular weight excluding hydrogens is 431 g/mol. The van der Waals surface area contributed by atoms with E-state index in [9.17, 15) is 14.0 Å². The summed E-state index contributed by atoms with van der Waals surface area (Å²) in [6, 6.07) is 1.46. The summed E-state index contributed by atoms with van der Waals surface area (Å²) in [6.45, 7) is 12.7. The maximum atomic E-state index is 14.8. The Morgan fingerprint density at radius 1 is 1.21 bits per heavy atom. The SMILES string of the molecule is CCCC(OC(=O)N(C(=O)OC(C)(C)C)c1nccc(CBr)c1F)C(C)(C)C. The number of carbonyl (C=O) groups excluding carboxylic acids is 2. The summed E-state index contributed by atoms with van der Waals surface area (Å²) < 4.78 is 25.7. The number of carbonyl (C=O) groups is 2. The number of nitrogens with zero attached hydrogens (tertiary/aromatic N) is 2. The zero-order valence-electron chi connectivity index (χ0n) is 17.6. The van der Waals surface area contributed by atoms with Gasteiger partial charge in [0.05, 0.1) is 0 Å². The smallest absolute Gasteiger partial charge is 0.425 e. The molecule has 6 nitrogen and oxygen atoms in total. The molecule has 158 valence electrons. The van der Waals surface area contributed by atoms with Gasteiger partial charge in [-0.05, 0) is 38.7 Å². The fourth-order valence-electron chi connectivity index (χ4n) is 2.39. The van der Waals surface area contributed by atoms with Crippen molar-refractivity contribution in [2.75, 3.05) is 4.90 Å². The Balaban J connectivity index is 3.35. The molecule has 1 aromatic heterocycles. The van der Waals surface area contributed by atoms with E-state index in [2.05, 4.69) is 20.9 Å². The fourth-order valence-corrected chi connectivity index (χ4v) is 2.82. The lowest BCUT2D eigenvalue weighted by Gasteiger charge is -2.32. The average molecular weight is 461 g/mol. The minimum absolute atomic E-state index is 0.200. The second kappa shape index (κ2) is 9.67. The minimum Gasteiger partial charge on any atom is -0.445 e. The largest absolute Gasteiger partial charge is 0.445 e. The van der Waals surface area contributed by atoms with E-state index in [1.54, 1.807) is 20.8 Å². The zero-order chi connectivity index (χ0) is 21.7. The molecule has 28 heavy (non-hydrogen) atoms. The van der Waals surface area contributed by atoms with Crippen LogP contribution in [0.3, 0.4) is 0 Å². The first-order valence-electron chi connectivity index (χ1n) is 9.24. The highest BCUT2D eigenvalue weighted by atomic mass is 79.9. The number of hydrogen-bond acceptors (Lipinski definition) is 5. The summed E-state index contributed by atoms with van der Waals surface area (Å²) in [7, 11) is 0. The molecule has 0 bridgehead atoms. The van der Waals surface area contributed by atoms with Crippen LogP contribution in [0.15, 0.2) is 12.3 Å². The molecule has 0 aliphatic rings. The molecule has 0 radical (unpaired) electrons. The van der Waals surface area contributed by atoms with E-state index in [4.69, 9.17) is 9.47 Å². The van der Waals surface area contributed by atoms with Crippen LogP contribution in [0.1, 0.15) is 66.9 Å². The van der Waals surface area contributed by atoms with Crippen molar-refractivity contribution in [2.45, 2.75) is 78.3 Å². The standard InChI is InChI=1S/C20H30BrFN2O4/c1-8-9-14(19(2,3)4)27-17(25)24(18(26)28-20(5,6)7)16-15(22)13(12-21)10-11-23-16/h10-11,14H,8-9,12H2,1-7H3. The van der Waals surface area contributed by atoms with Gasteiger partial charge in [-0.3, -0.25) is 0 Å². The zero-order valence-corrected chi connectivity index (χ0v) is 19.2. The highest BCUT2D eigenvalue weighted by Gasteiger charge is 2.37. The van der Waals surface area contributed by atoms with Gasteiger partial charge in [-0.15, -0.1) is 0 Å². The van der Waals surface area contributed by atoms with Gasteiger partial charge in [0, 0.05) is 17.1 Å². The van der Waals surface area contributed by atoms with E-state index in [-0.39, 0.29) is 16.3 Å². The van der Waals surface area contributed by atoms with Crippen LogP contribution in [0.25, 0.3) is 0 Å². The molecule has 0 N–H and O–H groups in total. The third-order valence-electron chi connectivity index (χ3n) is 3.83. The molecule has 0 saturated carbocycles. The third-order valence-corrected chi connectivity index (χ3v) is 4.43. The van der Waals surface area contributed by atoms with Crippen molar-refractivity contribution in [1.82, 2.24) is 4.98 Å². The maximum Gasteiger partial charge on any atom is 0.425 e. The minimum atomic E-state index is -1.04. The van der Waals surface area contributed by atoms with Crippen molar-refractivity contribution in [1.29, 1.82) is 0 Å². The number of pyridine rings is 1. The lowest BCUT2D eigenvalue weighted by Crippen LogP contribution is -2.45. The summed E-state index contributed by atoms with van der Waals surface area (Å²) in [6.07, 6.45) is 0.201. The van der Waals surface area contributed by atoms with Gasteiger partial charge in [-0.1, -0.05) is 50.0 Å². The number of imide groups is 1. The molecule has 1 aromatic rings. The summed E-state index contributed by atoms with van der Waals surface area (Å²) in [4.78, 5) is 30.1. The van der Waals surface area contributed by atoms with Crippen molar-refractivity contribution < 1.29 is 23.5 Å². The van der Waals surface area contributed by atoms with Crippen molar-refractivity contribution in [3.05, 3.63) is 23.6 Å². The monoisotopic (exact) mass is 460 g/mol. The van der Waals surface area contributed by atoms with Crippen molar-refractivity contribution in [2.24, 2.45) is 5.41 Å². The van der Waals surface area contributed by atoms with Crippen molar-refractivity contribution >= 4 is 33.9 Å². The van der Waals surface area contributed by atoms with Crippen LogP contribution >= 0.6 is 15.9 Å². The van der Waals surface area contributed by atoms with Gasteiger partial charge >= 0.3 is 12.2 Å². The van der Waals surface area contributed by atoms with Gasteiger partial charge < -0.3 is 9.47 Å². The molecule has 2 amide bonds. The number of rotatable bonds is 5. The topological polar surface area (TPSA) is 68.7 Å². The average Bonchev–Trinajstić information content (AvgIpc) is 2.53. The van der Waals surface area contributed by atoms with E-state index in [0.29, 0.717) is 11.3 Å². The third kappa shape index (κ3) is 6.72. The van der Waals surface area contributed by atoms with E-state index in [0.717, 1.165) is 6.42 Å². The van der Waals surface area contributed by atoms with Gasteiger partial charge in [0.15, 0.2) is 11.6 Å². The van der Waals surface area contributed by atoms with Crippen molar-refractivity contribution in [3.8, 4) is 0 Å². The Kier molecular flexibility index (Phi) is 8.41. The second-order valence-corrected chi connectivity index (χ2v) is 9.14. The first kappa shape index (κ1) is 24.3. The molecule has 0 aliphatic heterocycles. The number of ether oxygens (including phenoxy) is 2. The number of aromatic nitrogens is 1. The molecule has 0 fully saturated rings. The molecule has 1 unspecified atom stereocenters. The summed E-state index contributed by atoms with van der Waals surface area (Å²) in [5, 5.41) is 0.200. The molecule has 0 saturated heterocycles. The predicted molar refractivity (Wildman–Crippen MR) is 110 cm³/mol. The van der Waals surface area contributed by atoms with Gasteiger partial charge in [0.25, 0.3) is 0 Å². The van der Waals surface area contributed by atoms with Gasteiger partial charge in [0.1, 0.15) is 11.7 Å². The summed E-state index contributed by atoms with van der Waals surface area (Å²) >= 11 is 3.18. The number of anilines is 1. The van der Waals surface area contributed by atoms with Crippen LogP contribution < -0.4 is 4.90 Å². The number of halogens is 2. The van der Waals surface area contributed by atoms with Gasteiger partial charge in [0.2, 0.25) is 0 Å². The summed E-state index contributed by atoms with van der Waals surface area (Å²) in [5.74, 6) is -1.23. The lowest BCUT2D eigenvalue weighted by molar-refractivity contribution is 0.0244. The molecule has 0 aliphatic carbocycles. The molecule has 1 rings (SSSR count). The Bertz CT molecular complexity index is 698. The quantitative estimate of drug-likeness (QED) is 0.488. The molecule has 0 aromatic carbocycles. The number of alkyl halides is 1. The van der Waals surface area contributed by atoms with Crippen LogP contribution in [0.2, 0.25) is 0 Å². The Hall–Kier alpha value is -1.70. The second-order valence-electron chi connectivity index (χ2n) is 8.58. The van der Waals surface area contributed by atoms with Gasteiger partial charge in [-0.2, -0.15) is 4.90 Å². The van der Waals surface area contributed by atoms with E-state index >= 15 is 0 Å². The Labute approximate surface area is 174 Å². The van der Waals surface area contributed by atoms with Crippen LogP contribution in [0.4, 0.5) is 19.8 Å². The predicted octanol–water partition coefficient (Wildman–Crippen LogP) is 6.21. The van der Waals surface area contributed by atoms with Gasteiger partial charge in [-0.25, -0.2) is 19.0 Å². The van der Waals surface area contributed by atoms with E-state index in [1.165, 1.54) is 12.3 Å².